The molecule has 0 aliphatic carbocycles. The summed E-state index contributed by atoms with van der Waals surface area (Å²) in [6.07, 6.45) is 0. The lowest BCUT2D eigenvalue weighted by Crippen LogP contribution is -2.12. The highest BCUT2D eigenvalue weighted by Crippen LogP contribution is 2.22. The summed E-state index contributed by atoms with van der Waals surface area (Å²) in [4.78, 5) is 14.5. The van der Waals surface area contributed by atoms with Crippen LogP contribution in [-0.4, -0.2) is 30.9 Å². The normalized spacial score (nSPS) is 12.3. The Balaban J connectivity index is 2.52. The zero-order valence-corrected chi connectivity index (χ0v) is 9.45. The summed E-state index contributed by atoms with van der Waals surface area (Å²) in [7, 11) is 0. The van der Waals surface area contributed by atoms with Crippen molar-refractivity contribution >= 4 is 18.6 Å². The van der Waals surface area contributed by atoms with Crippen molar-refractivity contribution in [2.24, 2.45) is 0 Å². The number of carbonyl (C=O) groups is 1. The quantitative estimate of drug-likeness (QED) is 0.709. The van der Waals surface area contributed by atoms with E-state index in [9.17, 15) is 9.90 Å². The Morgan fingerprint density at radius 2 is 2.00 bits per heavy atom. The molecule has 0 aliphatic rings. The van der Waals surface area contributed by atoms with E-state index in [0.717, 1.165) is 0 Å². The first-order chi connectivity index (χ1) is 8.09. The molecule has 1 aromatic carbocycles. The molecule has 1 atom stereocenters. The minimum atomic E-state index is -1.15. The first kappa shape index (κ1) is 11.5. The summed E-state index contributed by atoms with van der Waals surface area (Å²) in [6.45, 7) is 0. The van der Waals surface area contributed by atoms with Gasteiger partial charge in [-0.2, -0.15) is 17.6 Å². The van der Waals surface area contributed by atoms with Crippen LogP contribution >= 0.6 is 12.6 Å². The van der Waals surface area contributed by atoms with Crippen molar-refractivity contribution in [3.63, 3.8) is 0 Å². The number of carboxylic acids is 1. The molecule has 88 valence electrons. The molecule has 0 fully saturated rings. The van der Waals surface area contributed by atoms with Gasteiger partial charge in [-0.3, -0.25) is 4.79 Å². The van der Waals surface area contributed by atoms with Crippen molar-refractivity contribution in [1.29, 1.82) is 0 Å². The van der Waals surface area contributed by atoms with Crippen molar-refractivity contribution in [3.8, 4) is 11.7 Å². The molecule has 0 radical (unpaired) electrons. The number of hydrogen-bond donors (Lipinski definition) is 3. The van der Waals surface area contributed by atoms with Gasteiger partial charge >= 0.3 is 12.0 Å². The zero-order valence-electron chi connectivity index (χ0n) is 8.56. The Bertz CT molecular complexity index is 541. The first-order valence-corrected chi connectivity index (χ1v) is 5.23. The van der Waals surface area contributed by atoms with Crippen molar-refractivity contribution in [2.75, 3.05) is 0 Å². The van der Waals surface area contributed by atoms with E-state index in [2.05, 4.69) is 22.7 Å². The molecule has 0 bridgehead atoms. The van der Waals surface area contributed by atoms with E-state index in [4.69, 9.17) is 5.11 Å². The maximum Gasteiger partial charge on any atom is 0.333 e. The summed E-state index contributed by atoms with van der Waals surface area (Å²) in [5.41, 5.74) is 0.607. The van der Waals surface area contributed by atoms with Crippen LogP contribution in [0.5, 0.6) is 6.01 Å². The molecule has 0 aliphatic heterocycles. The van der Waals surface area contributed by atoms with Crippen LogP contribution in [0.25, 0.3) is 5.69 Å². The third-order valence-corrected chi connectivity index (χ3v) is 2.55. The van der Waals surface area contributed by atoms with Crippen LogP contribution in [0.4, 0.5) is 0 Å². The van der Waals surface area contributed by atoms with Gasteiger partial charge in [0.05, 0.1) is 5.69 Å². The number of nitrogens with zero attached hydrogens (tertiary/aromatic N) is 3. The summed E-state index contributed by atoms with van der Waals surface area (Å²) >= 11 is 3.91. The summed E-state index contributed by atoms with van der Waals surface area (Å²) < 4.78 is 1.25. The molecule has 0 spiro atoms. The van der Waals surface area contributed by atoms with Gasteiger partial charge in [0, 0.05) is 0 Å². The van der Waals surface area contributed by atoms with Crippen LogP contribution in [0.1, 0.15) is 11.1 Å². The van der Waals surface area contributed by atoms with E-state index in [1.807, 2.05) is 6.07 Å². The lowest BCUT2D eigenvalue weighted by Gasteiger charge is -2.07. The molecule has 0 saturated heterocycles. The Labute approximate surface area is 102 Å². The second-order valence-electron chi connectivity index (χ2n) is 3.26. The standard InChI is InChI=1S/C10H9N3O3S/c14-9(15)7(17)8-11-10(16)12-13(8)6-4-2-1-3-5-6/h1-5,7,17H,(H,12,16)(H,14,15). The lowest BCUT2D eigenvalue weighted by molar-refractivity contribution is -0.136. The highest BCUT2D eigenvalue weighted by molar-refractivity contribution is 7.81. The number of aliphatic carboxylic acids is 1. The van der Waals surface area contributed by atoms with Crippen LogP contribution in [0.2, 0.25) is 0 Å². The third-order valence-electron chi connectivity index (χ3n) is 2.10. The fourth-order valence-electron chi connectivity index (χ4n) is 1.36. The molecule has 6 nitrogen and oxygen atoms in total. The van der Waals surface area contributed by atoms with Crippen LogP contribution in [0, 0.1) is 0 Å². The maximum absolute atomic E-state index is 10.9. The molecule has 17 heavy (non-hydrogen) atoms. The fourth-order valence-corrected chi connectivity index (χ4v) is 1.53. The number of aromatic hydroxyl groups is 1. The van der Waals surface area contributed by atoms with Crippen LogP contribution in [0.3, 0.4) is 0 Å². The van der Waals surface area contributed by atoms with Gasteiger partial charge in [-0.1, -0.05) is 18.2 Å². The van der Waals surface area contributed by atoms with Crippen molar-refractivity contribution in [1.82, 2.24) is 14.8 Å². The topological polar surface area (TPSA) is 88.2 Å². The van der Waals surface area contributed by atoms with Crippen molar-refractivity contribution in [2.45, 2.75) is 5.25 Å². The molecule has 0 saturated carbocycles. The smallest absolute Gasteiger partial charge is 0.333 e. The molecule has 7 heteroatoms. The van der Waals surface area contributed by atoms with E-state index in [-0.39, 0.29) is 5.82 Å². The average molecular weight is 251 g/mol. The van der Waals surface area contributed by atoms with E-state index in [1.54, 1.807) is 24.3 Å². The van der Waals surface area contributed by atoms with Crippen molar-refractivity contribution in [3.05, 3.63) is 36.2 Å². The second-order valence-corrected chi connectivity index (χ2v) is 3.77. The van der Waals surface area contributed by atoms with Gasteiger partial charge in [-0.15, -0.1) is 5.10 Å². The summed E-state index contributed by atoms with van der Waals surface area (Å²) in [5.74, 6) is -1.09. The van der Waals surface area contributed by atoms with Gasteiger partial charge in [0.1, 0.15) is 0 Å². The summed E-state index contributed by atoms with van der Waals surface area (Å²) in [6, 6.07) is 8.32. The monoisotopic (exact) mass is 251 g/mol. The number of carboxylic acid groups (broad SMARTS) is 1. The Morgan fingerprint density at radius 3 is 2.59 bits per heavy atom. The first-order valence-electron chi connectivity index (χ1n) is 4.72. The molecule has 1 heterocycles. The van der Waals surface area contributed by atoms with Crippen LogP contribution in [-0.2, 0) is 4.79 Å². The molecule has 2 N–H and O–H groups in total. The van der Waals surface area contributed by atoms with Gasteiger partial charge in [0.25, 0.3) is 0 Å². The number of para-hydroxylation sites is 1. The fraction of sp³-hybridized carbons (Fsp3) is 0.100. The van der Waals surface area contributed by atoms with E-state index >= 15 is 0 Å². The molecule has 2 aromatic rings. The molecular formula is C10H9N3O3S. The minimum absolute atomic E-state index is 0.0598. The predicted octanol–water partition coefficient (Wildman–Crippen LogP) is 1.03. The lowest BCUT2D eigenvalue weighted by atomic mass is 10.3. The van der Waals surface area contributed by atoms with Crippen molar-refractivity contribution < 1.29 is 15.0 Å². The maximum atomic E-state index is 10.9. The van der Waals surface area contributed by atoms with Crippen LogP contribution < -0.4 is 0 Å². The SMILES string of the molecule is O=C(O)C(S)c1nc(O)nn1-c1ccccc1. The third kappa shape index (κ3) is 2.23. The highest BCUT2D eigenvalue weighted by Gasteiger charge is 2.23. The van der Waals surface area contributed by atoms with Gasteiger partial charge < -0.3 is 10.2 Å². The van der Waals surface area contributed by atoms with E-state index in [1.165, 1.54) is 4.68 Å². The number of aromatic nitrogens is 3. The average Bonchev–Trinajstić information content (AvgIpc) is 2.71. The number of benzene rings is 1. The molecule has 1 unspecified atom stereocenters. The van der Waals surface area contributed by atoms with Gasteiger partial charge in [-0.05, 0) is 12.1 Å². The number of rotatable bonds is 3. The number of hydrogen-bond acceptors (Lipinski definition) is 5. The number of thiol groups is 1. The van der Waals surface area contributed by atoms with E-state index < -0.39 is 17.2 Å². The highest BCUT2D eigenvalue weighted by atomic mass is 32.1. The molecule has 1 aromatic heterocycles. The van der Waals surface area contributed by atoms with Crippen LogP contribution in [0.15, 0.2) is 30.3 Å². The Morgan fingerprint density at radius 1 is 1.35 bits per heavy atom. The molecular weight excluding hydrogens is 242 g/mol. The Hall–Kier alpha value is -2.02. The largest absolute Gasteiger partial charge is 0.480 e. The Kier molecular flexibility index (Phi) is 3.01. The molecule has 2 rings (SSSR count). The second kappa shape index (κ2) is 4.46. The molecule has 0 amide bonds. The predicted molar refractivity (Wildman–Crippen MR) is 62.4 cm³/mol. The minimum Gasteiger partial charge on any atom is -0.480 e. The van der Waals surface area contributed by atoms with Gasteiger partial charge in [0.2, 0.25) is 0 Å². The van der Waals surface area contributed by atoms with E-state index in [0.29, 0.717) is 5.69 Å². The van der Waals surface area contributed by atoms with Gasteiger partial charge in [0.15, 0.2) is 11.1 Å². The zero-order chi connectivity index (χ0) is 12.4. The van der Waals surface area contributed by atoms with Gasteiger partial charge in [-0.25, -0.2) is 4.68 Å². The summed E-state index contributed by atoms with van der Waals surface area (Å²) in [5, 5.41) is 20.7.